The van der Waals surface area contributed by atoms with Gasteiger partial charge in [-0.15, -0.1) is 0 Å². The lowest BCUT2D eigenvalue weighted by atomic mass is 10.2. The molecule has 0 amide bonds. The van der Waals surface area contributed by atoms with Crippen LogP contribution in [0.25, 0.3) is 6.08 Å². The minimum atomic E-state index is -0.541. The van der Waals surface area contributed by atoms with Crippen molar-refractivity contribution in [1.82, 2.24) is 0 Å². The van der Waals surface area contributed by atoms with Gasteiger partial charge in [-0.05, 0) is 23.3 Å². The Hall–Kier alpha value is -2.53. The summed E-state index contributed by atoms with van der Waals surface area (Å²) < 4.78 is 11.0. The zero-order valence-corrected chi connectivity index (χ0v) is 12.6. The third-order valence-electron chi connectivity index (χ3n) is 2.87. The predicted octanol–water partition coefficient (Wildman–Crippen LogP) is 4.18. The molecule has 0 spiro atoms. The molecule has 2 aromatic rings. The van der Waals surface area contributed by atoms with E-state index in [9.17, 15) is 10.1 Å². The summed E-state index contributed by atoms with van der Waals surface area (Å²) in [6.45, 7) is 0.348. The van der Waals surface area contributed by atoms with Gasteiger partial charge in [0.25, 0.3) is 0 Å². The van der Waals surface area contributed by atoms with Crippen LogP contribution < -0.4 is 9.47 Å². The van der Waals surface area contributed by atoms with Crippen molar-refractivity contribution >= 4 is 17.7 Å². The molecule has 6 heteroatoms. The average molecular weight is 320 g/mol. The van der Waals surface area contributed by atoms with E-state index in [1.807, 2.05) is 30.3 Å². The van der Waals surface area contributed by atoms with Crippen LogP contribution >= 0.6 is 11.6 Å². The third kappa shape index (κ3) is 4.23. The highest BCUT2D eigenvalue weighted by Crippen LogP contribution is 2.37. The van der Waals surface area contributed by atoms with E-state index >= 15 is 0 Å². The van der Waals surface area contributed by atoms with Gasteiger partial charge in [0.15, 0.2) is 11.5 Å². The molecule has 0 aliphatic heterocycles. The molecule has 0 saturated carbocycles. The van der Waals surface area contributed by atoms with E-state index in [-0.39, 0.29) is 0 Å². The molecule has 5 nitrogen and oxygen atoms in total. The molecule has 2 aromatic carbocycles. The predicted molar refractivity (Wildman–Crippen MR) is 84.8 cm³/mol. The Morgan fingerprint density at radius 1 is 1.27 bits per heavy atom. The van der Waals surface area contributed by atoms with Crippen LogP contribution in [0.1, 0.15) is 11.1 Å². The van der Waals surface area contributed by atoms with E-state index in [1.165, 1.54) is 13.2 Å². The van der Waals surface area contributed by atoms with E-state index < -0.39 is 4.92 Å². The van der Waals surface area contributed by atoms with E-state index in [4.69, 9.17) is 21.1 Å². The molecule has 2 rings (SSSR count). The monoisotopic (exact) mass is 319 g/mol. The summed E-state index contributed by atoms with van der Waals surface area (Å²) in [7, 11) is 1.49. The second kappa shape index (κ2) is 7.47. The van der Waals surface area contributed by atoms with Gasteiger partial charge < -0.3 is 9.47 Å². The lowest BCUT2D eigenvalue weighted by molar-refractivity contribution is -0.400. The van der Waals surface area contributed by atoms with Crippen molar-refractivity contribution in [2.24, 2.45) is 0 Å². The fraction of sp³-hybridized carbons (Fsp3) is 0.125. The number of nitrogens with zero attached hydrogens (tertiary/aromatic N) is 1. The Morgan fingerprint density at radius 2 is 2.00 bits per heavy atom. The van der Waals surface area contributed by atoms with Crippen molar-refractivity contribution < 1.29 is 14.4 Å². The summed E-state index contributed by atoms with van der Waals surface area (Å²) in [5.74, 6) is 0.831. The zero-order valence-electron chi connectivity index (χ0n) is 11.9. The van der Waals surface area contributed by atoms with Crippen molar-refractivity contribution in [2.75, 3.05) is 7.11 Å². The van der Waals surface area contributed by atoms with Crippen LogP contribution in [-0.4, -0.2) is 12.0 Å². The molecule has 0 aromatic heterocycles. The lowest BCUT2D eigenvalue weighted by Crippen LogP contribution is -1.98. The van der Waals surface area contributed by atoms with Crippen LogP contribution in [-0.2, 0) is 6.61 Å². The highest BCUT2D eigenvalue weighted by molar-refractivity contribution is 6.32. The summed E-state index contributed by atoms with van der Waals surface area (Å²) in [5, 5.41) is 10.7. The van der Waals surface area contributed by atoms with Gasteiger partial charge in [0.1, 0.15) is 6.61 Å². The van der Waals surface area contributed by atoms with Crippen LogP contribution in [0.5, 0.6) is 11.5 Å². The molecule has 0 bridgehead atoms. The summed E-state index contributed by atoms with van der Waals surface area (Å²) >= 11 is 6.19. The van der Waals surface area contributed by atoms with Crippen LogP contribution in [0.2, 0.25) is 5.02 Å². The number of nitro groups is 1. The van der Waals surface area contributed by atoms with E-state index in [0.29, 0.717) is 28.7 Å². The molecule has 0 aliphatic rings. The standard InChI is InChI=1S/C16H14ClNO4/c1-21-15-10-13(7-8-18(19)20)9-14(17)16(15)22-11-12-5-3-2-4-6-12/h2-10H,11H2,1H3. The Morgan fingerprint density at radius 3 is 2.64 bits per heavy atom. The van der Waals surface area contributed by atoms with Crippen LogP contribution in [0.15, 0.2) is 48.7 Å². The van der Waals surface area contributed by atoms with Gasteiger partial charge >= 0.3 is 0 Å². The Balaban J connectivity index is 2.22. The van der Waals surface area contributed by atoms with Crippen LogP contribution in [0.4, 0.5) is 0 Å². The molecular formula is C16H14ClNO4. The summed E-state index contributed by atoms with van der Waals surface area (Å²) in [6, 6.07) is 12.9. The minimum absolute atomic E-state index is 0.332. The maximum atomic E-state index is 10.4. The smallest absolute Gasteiger partial charge is 0.235 e. The molecule has 0 saturated heterocycles. The maximum absolute atomic E-state index is 10.4. The van der Waals surface area contributed by atoms with E-state index in [1.54, 1.807) is 12.1 Å². The van der Waals surface area contributed by atoms with Gasteiger partial charge in [-0.2, -0.15) is 0 Å². The molecule has 0 fully saturated rings. The first-order valence-corrected chi connectivity index (χ1v) is 6.84. The van der Waals surface area contributed by atoms with Crippen molar-refractivity contribution in [3.63, 3.8) is 0 Å². The van der Waals surface area contributed by atoms with Gasteiger partial charge in [-0.25, -0.2) is 0 Å². The highest BCUT2D eigenvalue weighted by atomic mass is 35.5. The van der Waals surface area contributed by atoms with Crippen LogP contribution in [0.3, 0.4) is 0 Å². The van der Waals surface area contributed by atoms with Crippen LogP contribution in [0, 0.1) is 10.1 Å². The van der Waals surface area contributed by atoms with Crippen molar-refractivity contribution in [3.8, 4) is 11.5 Å². The molecule has 0 aliphatic carbocycles. The molecule has 114 valence electrons. The normalized spacial score (nSPS) is 10.6. The minimum Gasteiger partial charge on any atom is -0.493 e. The summed E-state index contributed by atoms with van der Waals surface area (Å²) in [6.07, 6.45) is 2.19. The van der Waals surface area contributed by atoms with E-state index in [2.05, 4.69) is 0 Å². The first-order valence-electron chi connectivity index (χ1n) is 6.46. The van der Waals surface area contributed by atoms with Gasteiger partial charge in [0, 0.05) is 6.08 Å². The molecule has 0 N–H and O–H groups in total. The zero-order chi connectivity index (χ0) is 15.9. The number of halogens is 1. The lowest BCUT2D eigenvalue weighted by Gasteiger charge is -2.13. The van der Waals surface area contributed by atoms with E-state index in [0.717, 1.165) is 11.8 Å². The SMILES string of the molecule is COc1cc(C=C[N+](=O)[O-])cc(Cl)c1OCc1ccccc1. The molecule has 0 atom stereocenters. The fourth-order valence-electron chi connectivity index (χ4n) is 1.85. The Kier molecular flexibility index (Phi) is 5.38. The Bertz CT molecular complexity index is 686. The van der Waals surface area contributed by atoms with Gasteiger partial charge in [0.05, 0.1) is 17.1 Å². The molecule has 0 heterocycles. The molecular weight excluding hydrogens is 306 g/mol. The van der Waals surface area contributed by atoms with Crippen molar-refractivity contribution in [1.29, 1.82) is 0 Å². The first-order chi connectivity index (χ1) is 10.6. The van der Waals surface area contributed by atoms with Crippen molar-refractivity contribution in [2.45, 2.75) is 6.61 Å². The molecule has 0 radical (unpaired) electrons. The quantitative estimate of drug-likeness (QED) is 0.592. The van der Waals surface area contributed by atoms with Crippen molar-refractivity contribution in [3.05, 3.63) is 74.9 Å². The van der Waals surface area contributed by atoms with Gasteiger partial charge in [-0.3, -0.25) is 10.1 Å². The maximum Gasteiger partial charge on any atom is 0.235 e. The largest absolute Gasteiger partial charge is 0.493 e. The number of benzene rings is 2. The first kappa shape index (κ1) is 15.9. The number of hydrogen-bond donors (Lipinski definition) is 0. The molecule has 22 heavy (non-hydrogen) atoms. The average Bonchev–Trinajstić information content (AvgIpc) is 2.52. The second-order valence-corrected chi connectivity index (χ2v) is 4.82. The van der Waals surface area contributed by atoms with Gasteiger partial charge in [0.2, 0.25) is 6.20 Å². The summed E-state index contributed by atoms with van der Waals surface area (Å²) in [5.41, 5.74) is 1.56. The number of methoxy groups -OCH3 is 1. The Labute approximate surface area is 132 Å². The highest BCUT2D eigenvalue weighted by Gasteiger charge is 2.12. The second-order valence-electron chi connectivity index (χ2n) is 4.41. The van der Waals surface area contributed by atoms with Gasteiger partial charge in [-0.1, -0.05) is 41.9 Å². The number of ether oxygens (including phenoxy) is 2. The fourth-order valence-corrected chi connectivity index (χ4v) is 2.13. The number of hydrogen-bond acceptors (Lipinski definition) is 4. The molecule has 0 unspecified atom stereocenters. The topological polar surface area (TPSA) is 61.6 Å². The summed E-state index contributed by atoms with van der Waals surface area (Å²) in [4.78, 5) is 9.83. The third-order valence-corrected chi connectivity index (χ3v) is 3.15. The number of rotatable bonds is 6.